The Labute approximate surface area is 183 Å². The average molecular weight is 452 g/mol. The molecule has 0 spiro atoms. The molecular formula is C23H38NO4PSi. The van der Waals surface area contributed by atoms with E-state index in [1.165, 1.54) is 0 Å². The molecule has 0 amide bonds. The maximum Gasteiger partial charge on any atom is 0.336 e. The van der Waals surface area contributed by atoms with E-state index in [1.807, 2.05) is 38.1 Å². The van der Waals surface area contributed by atoms with E-state index in [0.29, 0.717) is 35.5 Å². The molecule has 2 rings (SSSR count). The van der Waals surface area contributed by atoms with Gasteiger partial charge in [-0.2, -0.15) is 0 Å². The quantitative estimate of drug-likeness (QED) is 0.261. The van der Waals surface area contributed by atoms with Crippen molar-refractivity contribution >= 4 is 26.8 Å². The van der Waals surface area contributed by atoms with Crippen LogP contribution in [0.4, 0.5) is 0 Å². The van der Waals surface area contributed by atoms with Crippen LogP contribution < -0.4 is 4.43 Å². The number of nitrogens with zero attached hydrogens (tertiary/aromatic N) is 1. The van der Waals surface area contributed by atoms with Crippen molar-refractivity contribution in [2.45, 2.75) is 78.2 Å². The zero-order valence-electron chi connectivity index (χ0n) is 19.8. The molecule has 7 heteroatoms. The Bertz CT molecular complexity index is 853. The lowest BCUT2D eigenvalue weighted by Gasteiger charge is -2.42. The van der Waals surface area contributed by atoms with Gasteiger partial charge in [-0.05, 0) is 54.7 Å². The van der Waals surface area contributed by atoms with E-state index < -0.39 is 15.9 Å². The zero-order valence-corrected chi connectivity index (χ0v) is 21.7. The van der Waals surface area contributed by atoms with Crippen LogP contribution in [0, 0.1) is 0 Å². The van der Waals surface area contributed by atoms with Gasteiger partial charge in [0.05, 0.1) is 30.6 Å². The fourth-order valence-corrected chi connectivity index (χ4v) is 11.4. The number of aromatic nitrogens is 1. The van der Waals surface area contributed by atoms with Gasteiger partial charge in [-0.25, -0.2) is 0 Å². The molecule has 1 aromatic carbocycles. The molecule has 2 aromatic rings. The summed E-state index contributed by atoms with van der Waals surface area (Å²) in [5, 5.41) is 1.01. The Hall–Kier alpha value is -1.20. The summed E-state index contributed by atoms with van der Waals surface area (Å²) >= 11 is 0. The minimum absolute atomic E-state index is 0.174. The Morgan fingerprint density at radius 1 is 0.900 bits per heavy atom. The van der Waals surface area contributed by atoms with E-state index in [2.05, 4.69) is 47.6 Å². The van der Waals surface area contributed by atoms with Gasteiger partial charge in [-0.15, -0.1) is 0 Å². The summed E-state index contributed by atoms with van der Waals surface area (Å²) in [6, 6.07) is 9.98. The van der Waals surface area contributed by atoms with Gasteiger partial charge in [0.15, 0.2) is 0 Å². The SMILES string of the molecule is CCOP(=O)(Cc1ccc2cc(O[Si](C(C)C)(C(C)C)C(C)C)ccc2n1)OCC. The maximum absolute atomic E-state index is 12.8. The number of pyridine rings is 1. The number of rotatable bonds is 11. The highest BCUT2D eigenvalue weighted by Crippen LogP contribution is 2.51. The molecule has 0 saturated carbocycles. The summed E-state index contributed by atoms with van der Waals surface area (Å²) in [7, 11) is -5.18. The van der Waals surface area contributed by atoms with E-state index in [0.717, 1.165) is 16.7 Å². The summed E-state index contributed by atoms with van der Waals surface area (Å²) in [6.45, 7) is 18.0. The Kier molecular flexibility index (Phi) is 8.69. The Balaban J connectivity index is 2.34. The van der Waals surface area contributed by atoms with Crippen molar-refractivity contribution < 1.29 is 18.0 Å². The number of hydrogen-bond donors (Lipinski definition) is 0. The van der Waals surface area contributed by atoms with Gasteiger partial charge >= 0.3 is 7.60 Å². The molecule has 0 radical (unpaired) electrons. The second-order valence-electron chi connectivity index (χ2n) is 8.68. The highest BCUT2D eigenvalue weighted by atomic mass is 31.2. The minimum atomic E-state index is -3.17. The second-order valence-corrected chi connectivity index (χ2v) is 16.1. The fourth-order valence-electron chi connectivity index (χ4n) is 4.58. The monoisotopic (exact) mass is 451 g/mol. The van der Waals surface area contributed by atoms with Gasteiger partial charge in [0.2, 0.25) is 0 Å². The summed E-state index contributed by atoms with van der Waals surface area (Å²) in [5.74, 6) is 0.911. The van der Waals surface area contributed by atoms with Crippen molar-refractivity contribution in [3.63, 3.8) is 0 Å². The molecule has 0 aliphatic rings. The molecule has 0 N–H and O–H groups in total. The fraction of sp³-hybridized carbons (Fsp3) is 0.609. The molecule has 30 heavy (non-hydrogen) atoms. The first kappa shape index (κ1) is 25.1. The van der Waals surface area contributed by atoms with Crippen LogP contribution in [0.5, 0.6) is 5.75 Å². The molecule has 5 nitrogen and oxygen atoms in total. The predicted octanol–water partition coefficient (Wildman–Crippen LogP) is 7.56. The molecule has 1 heterocycles. The van der Waals surface area contributed by atoms with Crippen molar-refractivity contribution in [2.75, 3.05) is 13.2 Å². The van der Waals surface area contributed by atoms with Crippen LogP contribution in [0.3, 0.4) is 0 Å². The Morgan fingerprint density at radius 2 is 1.47 bits per heavy atom. The molecule has 0 saturated heterocycles. The lowest BCUT2D eigenvalue weighted by molar-refractivity contribution is 0.219. The predicted molar refractivity (Wildman–Crippen MR) is 128 cm³/mol. The molecule has 0 unspecified atom stereocenters. The third-order valence-corrected chi connectivity index (χ3v) is 13.7. The highest BCUT2D eigenvalue weighted by molar-refractivity contribution is 7.53. The average Bonchev–Trinajstić information content (AvgIpc) is 2.65. The first-order valence-electron chi connectivity index (χ1n) is 11.0. The van der Waals surface area contributed by atoms with Gasteiger partial charge in [0.25, 0.3) is 8.32 Å². The number of benzene rings is 1. The topological polar surface area (TPSA) is 57.7 Å². The minimum Gasteiger partial charge on any atom is -0.543 e. The molecule has 0 fully saturated rings. The molecule has 0 aliphatic heterocycles. The maximum atomic E-state index is 12.8. The molecule has 0 aliphatic carbocycles. The smallest absolute Gasteiger partial charge is 0.336 e. The second kappa shape index (κ2) is 10.4. The summed E-state index contributed by atoms with van der Waals surface area (Å²) in [6.07, 6.45) is 0.174. The van der Waals surface area contributed by atoms with Gasteiger partial charge in [0.1, 0.15) is 5.75 Å². The molecule has 1 aromatic heterocycles. The van der Waals surface area contributed by atoms with Crippen LogP contribution >= 0.6 is 7.60 Å². The summed E-state index contributed by atoms with van der Waals surface area (Å²) < 4.78 is 30.4. The van der Waals surface area contributed by atoms with Crippen LogP contribution in [0.1, 0.15) is 61.1 Å². The van der Waals surface area contributed by atoms with Crippen LogP contribution in [-0.2, 0) is 19.8 Å². The van der Waals surface area contributed by atoms with Crippen LogP contribution in [0.15, 0.2) is 30.3 Å². The van der Waals surface area contributed by atoms with E-state index in [4.69, 9.17) is 18.5 Å². The van der Waals surface area contributed by atoms with Crippen molar-refractivity contribution in [3.8, 4) is 5.75 Å². The molecule has 168 valence electrons. The van der Waals surface area contributed by atoms with Crippen LogP contribution in [-0.4, -0.2) is 26.5 Å². The molecular weight excluding hydrogens is 413 g/mol. The highest BCUT2D eigenvalue weighted by Gasteiger charge is 2.47. The summed E-state index contributed by atoms with van der Waals surface area (Å²) in [4.78, 5) is 4.69. The normalized spacial score (nSPS) is 13.0. The van der Waals surface area contributed by atoms with E-state index in [1.54, 1.807) is 0 Å². The first-order valence-corrected chi connectivity index (χ1v) is 14.9. The molecule has 0 bridgehead atoms. The lowest BCUT2D eigenvalue weighted by atomic mass is 10.2. The van der Waals surface area contributed by atoms with Gasteiger partial charge < -0.3 is 13.5 Å². The van der Waals surface area contributed by atoms with Gasteiger partial charge in [-0.1, -0.05) is 47.6 Å². The zero-order chi connectivity index (χ0) is 22.5. The van der Waals surface area contributed by atoms with Crippen molar-refractivity contribution in [1.82, 2.24) is 4.98 Å². The van der Waals surface area contributed by atoms with Crippen LogP contribution in [0.25, 0.3) is 10.9 Å². The van der Waals surface area contributed by atoms with Gasteiger partial charge in [-0.3, -0.25) is 9.55 Å². The lowest BCUT2D eigenvalue weighted by Crippen LogP contribution is -2.50. The number of fused-ring (bicyclic) bond motifs is 1. The Morgan fingerprint density at radius 3 is 1.97 bits per heavy atom. The van der Waals surface area contributed by atoms with E-state index in [9.17, 15) is 4.57 Å². The summed E-state index contributed by atoms with van der Waals surface area (Å²) in [5.41, 5.74) is 3.10. The van der Waals surface area contributed by atoms with Crippen molar-refractivity contribution in [1.29, 1.82) is 0 Å². The largest absolute Gasteiger partial charge is 0.543 e. The third-order valence-electron chi connectivity index (χ3n) is 5.73. The van der Waals surface area contributed by atoms with Crippen molar-refractivity contribution in [3.05, 3.63) is 36.0 Å². The van der Waals surface area contributed by atoms with E-state index >= 15 is 0 Å². The van der Waals surface area contributed by atoms with Gasteiger partial charge in [0, 0.05) is 5.39 Å². The van der Waals surface area contributed by atoms with Crippen LogP contribution in [0.2, 0.25) is 16.6 Å². The molecule has 0 atom stereocenters. The van der Waals surface area contributed by atoms with E-state index in [-0.39, 0.29) is 6.16 Å². The third kappa shape index (κ3) is 5.53. The number of hydrogen-bond acceptors (Lipinski definition) is 5. The first-order chi connectivity index (χ1) is 14.1. The standard InChI is InChI=1S/C23H38NO4PSi/c1-9-26-29(25,27-10-2)16-21-12-11-20-15-22(13-14-23(20)24-21)28-30(17(3)4,18(5)6)19(7)8/h11-15,17-19H,9-10,16H2,1-8H3. The van der Waals surface area contributed by atoms with Crippen molar-refractivity contribution in [2.24, 2.45) is 0 Å².